The van der Waals surface area contributed by atoms with Crippen LogP contribution >= 0.6 is 0 Å². The third-order valence-electron chi connectivity index (χ3n) is 3.21. The highest BCUT2D eigenvalue weighted by atomic mass is 16.4. The van der Waals surface area contributed by atoms with E-state index in [1.54, 1.807) is 0 Å². The predicted octanol–water partition coefficient (Wildman–Crippen LogP) is 2.01. The lowest BCUT2D eigenvalue weighted by Gasteiger charge is -2.08. The van der Waals surface area contributed by atoms with Gasteiger partial charge in [0.2, 0.25) is 0 Å². The molecular formula is C11H21NO2. The molecule has 0 saturated heterocycles. The van der Waals surface area contributed by atoms with Crippen LogP contribution in [0, 0.1) is 11.8 Å². The lowest BCUT2D eigenvalue weighted by Crippen LogP contribution is -2.09. The minimum Gasteiger partial charge on any atom is -0.481 e. The summed E-state index contributed by atoms with van der Waals surface area (Å²) in [6, 6.07) is 0. The molecule has 0 bridgehead atoms. The molecule has 0 aliphatic heterocycles. The Balaban J connectivity index is 2.07. The summed E-state index contributed by atoms with van der Waals surface area (Å²) >= 11 is 0. The van der Waals surface area contributed by atoms with Crippen LogP contribution in [-0.2, 0) is 4.79 Å². The molecule has 0 aromatic heterocycles. The topological polar surface area (TPSA) is 63.3 Å². The van der Waals surface area contributed by atoms with Gasteiger partial charge in [-0.05, 0) is 38.1 Å². The molecule has 1 saturated carbocycles. The van der Waals surface area contributed by atoms with Crippen molar-refractivity contribution in [2.75, 3.05) is 6.54 Å². The number of rotatable bonds is 6. The van der Waals surface area contributed by atoms with Gasteiger partial charge in [0.1, 0.15) is 0 Å². The van der Waals surface area contributed by atoms with E-state index >= 15 is 0 Å². The normalized spacial score (nSPS) is 26.6. The van der Waals surface area contributed by atoms with Gasteiger partial charge in [-0.1, -0.05) is 19.3 Å². The molecule has 3 N–H and O–H groups in total. The lowest BCUT2D eigenvalue weighted by molar-refractivity contribution is -0.141. The van der Waals surface area contributed by atoms with Crippen molar-refractivity contribution < 1.29 is 9.90 Å². The summed E-state index contributed by atoms with van der Waals surface area (Å²) in [5.41, 5.74) is 5.41. The van der Waals surface area contributed by atoms with Crippen molar-refractivity contribution in [2.24, 2.45) is 17.6 Å². The van der Waals surface area contributed by atoms with Crippen molar-refractivity contribution in [1.82, 2.24) is 0 Å². The third kappa shape index (κ3) is 3.66. The average molecular weight is 199 g/mol. The van der Waals surface area contributed by atoms with Gasteiger partial charge in [-0.15, -0.1) is 0 Å². The number of hydrogen-bond acceptors (Lipinski definition) is 2. The zero-order chi connectivity index (χ0) is 10.4. The van der Waals surface area contributed by atoms with Crippen LogP contribution in [0.25, 0.3) is 0 Å². The molecule has 3 nitrogen and oxygen atoms in total. The highest BCUT2D eigenvalue weighted by Crippen LogP contribution is 2.34. The maximum Gasteiger partial charge on any atom is 0.306 e. The minimum atomic E-state index is -0.602. The van der Waals surface area contributed by atoms with Crippen molar-refractivity contribution in [3.63, 3.8) is 0 Å². The molecule has 0 radical (unpaired) electrons. The van der Waals surface area contributed by atoms with E-state index in [-0.39, 0.29) is 5.92 Å². The number of aliphatic carboxylic acids is 1. The summed E-state index contributed by atoms with van der Waals surface area (Å²) in [4.78, 5) is 10.7. The Kier molecular flexibility index (Phi) is 4.94. The summed E-state index contributed by atoms with van der Waals surface area (Å²) in [6.45, 7) is 0.780. The fraction of sp³-hybridized carbons (Fsp3) is 0.909. The summed E-state index contributed by atoms with van der Waals surface area (Å²) < 4.78 is 0. The molecule has 3 heteroatoms. The molecule has 1 rings (SSSR count). The van der Waals surface area contributed by atoms with E-state index in [1.807, 2.05) is 0 Å². The summed E-state index contributed by atoms with van der Waals surface area (Å²) in [5.74, 6) is -0.00200. The van der Waals surface area contributed by atoms with Crippen LogP contribution in [0.15, 0.2) is 0 Å². The SMILES string of the molecule is NCCCCCC1CCC(C(=O)O)C1. The quantitative estimate of drug-likeness (QED) is 0.643. The molecule has 0 spiro atoms. The van der Waals surface area contributed by atoms with E-state index in [9.17, 15) is 4.79 Å². The molecule has 2 atom stereocenters. The second kappa shape index (κ2) is 6.02. The Morgan fingerprint density at radius 1 is 1.29 bits per heavy atom. The van der Waals surface area contributed by atoms with E-state index in [2.05, 4.69) is 0 Å². The van der Waals surface area contributed by atoms with Gasteiger partial charge in [-0.3, -0.25) is 4.79 Å². The minimum absolute atomic E-state index is 0.0606. The van der Waals surface area contributed by atoms with Crippen LogP contribution in [0.5, 0.6) is 0 Å². The van der Waals surface area contributed by atoms with Crippen LogP contribution in [-0.4, -0.2) is 17.6 Å². The number of nitrogens with two attached hydrogens (primary N) is 1. The third-order valence-corrected chi connectivity index (χ3v) is 3.21. The van der Waals surface area contributed by atoms with Crippen LogP contribution in [0.3, 0.4) is 0 Å². The number of carbonyl (C=O) groups is 1. The Morgan fingerprint density at radius 3 is 2.64 bits per heavy atom. The van der Waals surface area contributed by atoms with Crippen LogP contribution in [0.4, 0.5) is 0 Å². The number of carboxylic acids is 1. The molecule has 0 amide bonds. The standard InChI is InChI=1S/C11H21NO2/c12-7-3-1-2-4-9-5-6-10(8-9)11(13)14/h9-10H,1-8,12H2,(H,13,14). The zero-order valence-corrected chi connectivity index (χ0v) is 8.74. The van der Waals surface area contributed by atoms with Gasteiger partial charge in [0.15, 0.2) is 0 Å². The zero-order valence-electron chi connectivity index (χ0n) is 8.74. The molecule has 2 unspecified atom stereocenters. The molecule has 82 valence electrons. The van der Waals surface area contributed by atoms with Gasteiger partial charge in [0.25, 0.3) is 0 Å². The Bertz CT molecular complexity index is 182. The highest BCUT2D eigenvalue weighted by Gasteiger charge is 2.28. The van der Waals surface area contributed by atoms with Gasteiger partial charge in [-0.25, -0.2) is 0 Å². The maximum atomic E-state index is 10.7. The molecule has 0 heterocycles. The smallest absolute Gasteiger partial charge is 0.306 e. The first-order valence-corrected chi connectivity index (χ1v) is 5.67. The molecule has 1 fully saturated rings. The fourth-order valence-electron chi connectivity index (χ4n) is 2.32. The monoisotopic (exact) mass is 199 g/mol. The number of carboxylic acid groups (broad SMARTS) is 1. The lowest BCUT2D eigenvalue weighted by atomic mass is 9.98. The predicted molar refractivity (Wildman–Crippen MR) is 56.0 cm³/mol. The number of unbranched alkanes of at least 4 members (excludes halogenated alkanes) is 2. The fourth-order valence-corrected chi connectivity index (χ4v) is 2.32. The molecule has 0 aromatic carbocycles. The van der Waals surface area contributed by atoms with Crippen LogP contribution < -0.4 is 5.73 Å². The van der Waals surface area contributed by atoms with Gasteiger partial charge in [0, 0.05) is 0 Å². The van der Waals surface area contributed by atoms with Crippen molar-refractivity contribution in [3.05, 3.63) is 0 Å². The van der Waals surface area contributed by atoms with E-state index in [0.717, 1.165) is 32.2 Å². The van der Waals surface area contributed by atoms with Gasteiger partial charge in [-0.2, -0.15) is 0 Å². The summed E-state index contributed by atoms with van der Waals surface area (Å²) in [7, 11) is 0. The van der Waals surface area contributed by atoms with Crippen LogP contribution in [0.2, 0.25) is 0 Å². The first-order valence-electron chi connectivity index (χ1n) is 5.67. The van der Waals surface area contributed by atoms with Gasteiger partial charge in [0.05, 0.1) is 5.92 Å². The Labute approximate surface area is 85.7 Å². The second-order valence-electron chi connectivity index (χ2n) is 4.35. The second-order valence-corrected chi connectivity index (χ2v) is 4.35. The highest BCUT2D eigenvalue weighted by molar-refractivity contribution is 5.70. The van der Waals surface area contributed by atoms with Crippen LogP contribution in [0.1, 0.15) is 44.9 Å². The van der Waals surface area contributed by atoms with Gasteiger partial charge >= 0.3 is 5.97 Å². The summed E-state index contributed by atoms with van der Waals surface area (Å²) in [6.07, 6.45) is 7.62. The van der Waals surface area contributed by atoms with E-state index in [1.165, 1.54) is 19.3 Å². The largest absolute Gasteiger partial charge is 0.481 e. The molecule has 14 heavy (non-hydrogen) atoms. The molecule has 1 aliphatic rings. The van der Waals surface area contributed by atoms with Crippen molar-refractivity contribution >= 4 is 5.97 Å². The Morgan fingerprint density at radius 2 is 2.07 bits per heavy atom. The Hall–Kier alpha value is -0.570. The van der Waals surface area contributed by atoms with Crippen molar-refractivity contribution in [1.29, 1.82) is 0 Å². The van der Waals surface area contributed by atoms with E-state index < -0.39 is 5.97 Å². The van der Waals surface area contributed by atoms with E-state index in [4.69, 9.17) is 10.8 Å². The first kappa shape index (κ1) is 11.5. The number of hydrogen-bond donors (Lipinski definition) is 2. The molecule has 0 aromatic rings. The molecule has 1 aliphatic carbocycles. The first-order chi connectivity index (χ1) is 6.74. The summed E-state index contributed by atoms with van der Waals surface area (Å²) in [5, 5.41) is 8.82. The van der Waals surface area contributed by atoms with Gasteiger partial charge < -0.3 is 10.8 Å². The maximum absolute atomic E-state index is 10.7. The average Bonchev–Trinajstić information content (AvgIpc) is 2.61. The molecular weight excluding hydrogens is 178 g/mol. The van der Waals surface area contributed by atoms with E-state index in [0.29, 0.717) is 5.92 Å². The van der Waals surface area contributed by atoms with Crippen molar-refractivity contribution in [2.45, 2.75) is 44.9 Å². The van der Waals surface area contributed by atoms with Crippen molar-refractivity contribution in [3.8, 4) is 0 Å².